The first-order chi connectivity index (χ1) is 8.08. The highest BCUT2D eigenvalue weighted by atomic mass is 35.5. The predicted molar refractivity (Wildman–Crippen MR) is 75.9 cm³/mol. The van der Waals surface area contributed by atoms with Gasteiger partial charge in [0.2, 0.25) is 0 Å². The maximum atomic E-state index is 11.8. The number of ether oxygens (including phenoxy) is 1. The molecule has 0 amide bonds. The molecule has 0 fully saturated rings. The van der Waals surface area contributed by atoms with E-state index in [1.807, 2.05) is 20.8 Å². The molecule has 0 radical (unpaired) electrons. The molecule has 1 aromatic carbocycles. The largest absolute Gasteiger partial charge is 0.443 e. The maximum absolute atomic E-state index is 11.8. The summed E-state index contributed by atoms with van der Waals surface area (Å²) in [6.45, 7) is 7.66. The minimum absolute atomic E-state index is 0. The van der Waals surface area contributed by atoms with Gasteiger partial charge in [0.05, 0.1) is 5.56 Å². The highest BCUT2D eigenvalue weighted by Gasteiger charge is 2.15. The van der Waals surface area contributed by atoms with Crippen LogP contribution in [0.1, 0.15) is 31.1 Å². The van der Waals surface area contributed by atoms with Gasteiger partial charge in [-0.25, -0.2) is 4.79 Å². The molecule has 0 aliphatic heterocycles. The quantitative estimate of drug-likeness (QED) is 0.508. The Morgan fingerprint density at radius 2 is 1.78 bits per heavy atom. The monoisotopic (exact) mass is 272 g/mol. The Labute approximate surface area is 115 Å². The smallest absolute Gasteiger partial charge is 0.339 e. The number of anilines is 1. The van der Waals surface area contributed by atoms with E-state index in [4.69, 9.17) is 10.5 Å². The van der Waals surface area contributed by atoms with Gasteiger partial charge in [-0.05, 0) is 44.3 Å². The lowest BCUT2D eigenvalue weighted by molar-refractivity contribution is -0.0196. The van der Waals surface area contributed by atoms with Crippen LogP contribution in [0, 0.1) is 0 Å². The number of hydrogen-bond acceptors (Lipinski definition) is 4. The Balaban J connectivity index is 0.00000289. The molecule has 0 saturated carbocycles. The molecule has 0 spiro atoms. The molecular formula is C13H21ClN2O2. The van der Waals surface area contributed by atoms with Crippen molar-refractivity contribution in [3.8, 4) is 0 Å². The summed E-state index contributed by atoms with van der Waals surface area (Å²) in [6.07, 6.45) is -0.213. The van der Waals surface area contributed by atoms with Crippen molar-refractivity contribution in [2.24, 2.45) is 0 Å². The lowest BCUT2D eigenvalue weighted by Gasteiger charge is -2.25. The van der Waals surface area contributed by atoms with Crippen molar-refractivity contribution in [1.82, 2.24) is 4.90 Å². The Morgan fingerprint density at radius 3 is 2.22 bits per heavy atom. The molecule has 0 heterocycles. The van der Waals surface area contributed by atoms with E-state index in [1.54, 1.807) is 24.3 Å². The summed E-state index contributed by atoms with van der Waals surface area (Å²) in [5.41, 5.74) is 6.72. The third kappa shape index (κ3) is 4.55. The summed E-state index contributed by atoms with van der Waals surface area (Å²) >= 11 is 0. The van der Waals surface area contributed by atoms with Gasteiger partial charge in [0.1, 0.15) is 0 Å². The lowest BCUT2D eigenvalue weighted by Crippen LogP contribution is -2.36. The Bertz CT molecular complexity index is 364. The van der Waals surface area contributed by atoms with Gasteiger partial charge in [0.25, 0.3) is 0 Å². The summed E-state index contributed by atoms with van der Waals surface area (Å²) in [7, 11) is 0. The minimum Gasteiger partial charge on any atom is -0.443 e. The molecule has 4 nitrogen and oxygen atoms in total. The molecule has 0 aliphatic carbocycles. The average molecular weight is 273 g/mol. The van der Waals surface area contributed by atoms with E-state index in [0.29, 0.717) is 11.3 Å². The van der Waals surface area contributed by atoms with Crippen LogP contribution in [0.2, 0.25) is 0 Å². The number of nitrogen functional groups attached to an aromatic ring is 1. The second-order valence-electron chi connectivity index (χ2n) is 3.85. The fourth-order valence-corrected chi connectivity index (χ4v) is 1.65. The van der Waals surface area contributed by atoms with E-state index in [-0.39, 0.29) is 24.6 Å². The fraction of sp³-hybridized carbons (Fsp3) is 0.462. The van der Waals surface area contributed by atoms with Gasteiger partial charge < -0.3 is 10.5 Å². The zero-order valence-corrected chi connectivity index (χ0v) is 11.9. The first-order valence-electron chi connectivity index (χ1n) is 5.89. The zero-order chi connectivity index (χ0) is 12.8. The molecule has 102 valence electrons. The standard InChI is InChI=1S/C13H20N2O2.ClH/c1-4-15(5-2)10(3)17-13(16)11-6-8-12(14)9-7-11;/h6-10H,4-5,14H2,1-3H3;1H. The van der Waals surface area contributed by atoms with Crippen molar-refractivity contribution >= 4 is 24.1 Å². The number of nitrogens with two attached hydrogens (primary N) is 1. The molecular weight excluding hydrogens is 252 g/mol. The molecule has 1 unspecified atom stereocenters. The van der Waals surface area contributed by atoms with Gasteiger partial charge in [-0.3, -0.25) is 4.90 Å². The SMILES string of the molecule is CCN(CC)C(C)OC(=O)c1ccc(N)cc1.Cl. The molecule has 0 bridgehead atoms. The second kappa shape index (κ2) is 7.95. The van der Waals surface area contributed by atoms with Crippen LogP contribution in [0.25, 0.3) is 0 Å². The van der Waals surface area contributed by atoms with Crippen LogP contribution in [0.5, 0.6) is 0 Å². The van der Waals surface area contributed by atoms with Crippen molar-refractivity contribution in [3.05, 3.63) is 29.8 Å². The van der Waals surface area contributed by atoms with Crippen LogP contribution in [-0.2, 0) is 4.74 Å². The summed E-state index contributed by atoms with van der Waals surface area (Å²) in [6, 6.07) is 6.73. The van der Waals surface area contributed by atoms with Gasteiger partial charge in [0, 0.05) is 5.69 Å². The normalized spacial score (nSPS) is 11.8. The Kier molecular flexibility index (Phi) is 7.39. The maximum Gasteiger partial charge on any atom is 0.339 e. The minimum atomic E-state index is -0.315. The number of halogens is 1. The van der Waals surface area contributed by atoms with Crippen LogP contribution >= 0.6 is 12.4 Å². The molecule has 2 N–H and O–H groups in total. The number of nitrogens with zero attached hydrogens (tertiary/aromatic N) is 1. The summed E-state index contributed by atoms with van der Waals surface area (Å²) in [4.78, 5) is 13.9. The van der Waals surface area contributed by atoms with Crippen LogP contribution in [-0.4, -0.2) is 30.2 Å². The van der Waals surface area contributed by atoms with Crippen molar-refractivity contribution in [2.45, 2.75) is 27.0 Å². The summed E-state index contributed by atoms with van der Waals surface area (Å²) in [5.74, 6) is -0.315. The Morgan fingerprint density at radius 1 is 1.28 bits per heavy atom. The van der Waals surface area contributed by atoms with Crippen LogP contribution in [0.3, 0.4) is 0 Å². The molecule has 18 heavy (non-hydrogen) atoms. The molecule has 0 aliphatic rings. The highest BCUT2D eigenvalue weighted by Crippen LogP contribution is 2.09. The number of carbonyl (C=O) groups is 1. The third-order valence-electron chi connectivity index (χ3n) is 2.75. The van der Waals surface area contributed by atoms with E-state index in [9.17, 15) is 4.79 Å². The molecule has 1 aromatic rings. The van der Waals surface area contributed by atoms with Crippen molar-refractivity contribution in [3.63, 3.8) is 0 Å². The molecule has 1 atom stereocenters. The molecule has 1 rings (SSSR count). The third-order valence-corrected chi connectivity index (χ3v) is 2.75. The van der Waals surface area contributed by atoms with Crippen molar-refractivity contribution in [2.75, 3.05) is 18.8 Å². The number of rotatable bonds is 5. The average Bonchev–Trinajstić information content (AvgIpc) is 2.31. The predicted octanol–water partition coefficient (Wildman–Crippen LogP) is 2.54. The zero-order valence-electron chi connectivity index (χ0n) is 11.1. The van der Waals surface area contributed by atoms with Gasteiger partial charge in [-0.15, -0.1) is 12.4 Å². The van der Waals surface area contributed by atoms with E-state index >= 15 is 0 Å². The number of hydrogen-bond donors (Lipinski definition) is 1. The lowest BCUT2D eigenvalue weighted by atomic mass is 10.2. The van der Waals surface area contributed by atoms with Crippen LogP contribution in [0.15, 0.2) is 24.3 Å². The number of esters is 1. The number of carbonyl (C=O) groups excluding carboxylic acids is 1. The first kappa shape index (κ1) is 16.7. The highest BCUT2D eigenvalue weighted by molar-refractivity contribution is 5.89. The number of benzene rings is 1. The molecule has 5 heteroatoms. The van der Waals surface area contributed by atoms with E-state index in [1.165, 1.54) is 0 Å². The first-order valence-corrected chi connectivity index (χ1v) is 5.89. The van der Waals surface area contributed by atoms with Gasteiger partial charge in [0.15, 0.2) is 6.23 Å². The second-order valence-corrected chi connectivity index (χ2v) is 3.85. The topological polar surface area (TPSA) is 55.6 Å². The van der Waals surface area contributed by atoms with Gasteiger partial charge in [-0.1, -0.05) is 13.8 Å². The molecule has 0 aromatic heterocycles. The Hall–Kier alpha value is -1.26. The van der Waals surface area contributed by atoms with Crippen molar-refractivity contribution < 1.29 is 9.53 Å². The van der Waals surface area contributed by atoms with E-state index in [2.05, 4.69) is 4.90 Å². The fourth-order valence-electron chi connectivity index (χ4n) is 1.65. The van der Waals surface area contributed by atoms with E-state index in [0.717, 1.165) is 13.1 Å². The van der Waals surface area contributed by atoms with Gasteiger partial charge in [-0.2, -0.15) is 0 Å². The summed E-state index contributed by atoms with van der Waals surface area (Å²) in [5, 5.41) is 0. The summed E-state index contributed by atoms with van der Waals surface area (Å²) < 4.78 is 5.37. The molecule has 0 saturated heterocycles. The van der Waals surface area contributed by atoms with Gasteiger partial charge >= 0.3 is 5.97 Å². The van der Waals surface area contributed by atoms with E-state index < -0.39 is 0 Å². The van der Waals surface area contributed by atoms with Crippen molar-refractivity contribution in [1.29, 1.82) is 0 Å². The van der Waals surface area contributed by atoms with Crippen LogP contribution in [0.4, 0.5) is 5.69 Å². The van der Waals surface area contributed by atoms with Crippen LogP contribution < -0.4 is 5.73 Å².